The Morgan fingerprint density at radius 2 is 2.41 bits per heavy atom. The molecule has 0 aromatic carbocycles. The fourth-order valence-electron chi connectivity index (χ4n) is 2.75. The molecular formula is C13H21N3O. The van der Waals surface area contributed by atoms with Gasteiger partial charge in [0, 0.05) is 25.5 Å². The molecule has 1 atom stereocenters. The number of imidazole rings is 1. The van der Waals surface area contributed by atoms with Gasteiger partial charge in [0.15, 0.2) is 5.82 Å². The number of carbonyl (C=O) groups excluding carboxylic acids is 1. The molecule has 4 heteroatoms. The number of ketones is 1. The van der Waals surface area contributed by atoms with E-state index in [0.717, 1.165) is 38.9 Å². The van der Waals surface area contributed by atoms with Gasteiger partial charge in [-0.15, -0.1) is 0 Å². The summed E-state index contributed by atoms with van der Waals surface area (Å²) in [6.07, 6.45) is 6.54. The fraction of sp³-hybridized carbons (Fsp3) is 0.692. The molecule has 1 unspecified atom stereocenters. The molecule has 4 nitrogen and oxygen atoms in total. The topological polar surface area (TPSA) is 46.9 Å². The molecule has 0 spiro atoms. The zero-order valence-corrected chi connectivity index (χ0v) is 10.7. The first-order chi connectivity index (χ1) is 8.23. The Labute approximate surface area is 102 Å². The first kappa shape index (κ1) is 12.3. The lowest BCUT2D eigenvalue weighted by Crippen LogP contribution is -2.35. The molecule has 0 bridgehead atoms. The minimum absolute atomic E-state index is 0.215. The number of nitrogens with one attached hydrogen (secondary N) is 1. The number of aromatic nitrogens is 2. The third-order valence-electron chi connectivity index (χ3n) is 3.71. The van der Waals surface area contributed by atoms with Crippen molar-refractivity contribution in [2.24, 2.45) is 5.41 Å². The quantitative estimate of drug-likeness (QED) is 0.792. The van der Waals surface area contributed by atoms with E-state index in [-0.39, 0.29) is 11.2 Å². The minimum Gasteiger partial charge on any atom is -0.329 e. The maximum Gasteiger partial charge on any atom is 0.205 e. The molecule has 0 amide bonds. The van der Waals surface area contributed by atoms with Crippen molar-refractivity contribution in [2.45, 2.75) is 39.7 Å². The predicted octanol–water partition coefficient (Wildman–Crippen LogP) is 1.87. The van der Waals surface area contributed by atoms with Gasteiger partial charge in [-0.3, -0.25) is 4.79 Å². The Morgan fingerprint density at radius 1 is 1.59 bits per heavy atom. The summed E-state index contributed by atoms with van der Waals surface area (Å²) in [4.78, 5) is 16.9. The standard InChI is InChI=1S/C13H21N3O/c1-3-5-13(6-7-14-10-13)11(17)12-15-8-9-16(12)4-2/h8-9,14H,3-7,10H2,1-2H3. The Bertz CT molecular complexity index is 391. The molecule has 17 heavy (non-hydrogen) atoms. The molecule has 0 radical (unpaired) electrons. The normalized spacial score (nSPS) is 24.1. The maximum atomic E-state index is 12.7. The van der Waals surface area contributed by atoms with Crippen LogP contribution in [0.2, 0.25) is 0 Å². The molecule has 2 heterocycles. The lowest BCUT2D eigenvalue weighted by molar-refractivity contribution is 0.0785. The number of carbonyl (C=O) groups is 1. The summed E-state index contributed by atoms with van der Waals surface area (Å²) in [5.41, 5.74) is -0.215. The summed E-state index contributed by atoms with van der Waals surface area (Å²) >= 11 is 0. The van der Waals surface area contributed by atoms with Crippen molar-refractivity contribution < 1.29 is 4.79 Å². The van der Waals surface area contributed by atoms with Crippen LogP contribution in [0.5, 0.6) is 0 Å². The van der Waals surface area contributed by atoms with E-state index in [1.54, 1.807) is 6.20 Å². The van der Waals surface area contributed by atoms with Crippen molar-refractivity contribution >= 4 is 5.78 Å². The molecule has 2 rings (SSSR count). The van der Waals surface area contributed by atoms with E-state index in [1.165, 1.54) is 0 Å². The largest absolute Gasteiger partial charge is 0.329 e. The van der Waals surface area contributed by atoms with Crippen molar-refractivity contribution in [3.63, 3.8) is 0 Å². The van der Waals surface area contributed by atoms with E-state index in [9.17, 15) is 4.79 Å². The first-order valence-corrected chi connectivity index (χ1v) is 6.50. The van der Waals surface area contributed by atoms with Crippen LogP contribution in [0, 0.1) is 5.41 Å². The number of hydrogen-bond acceptors (Lipinski definition) is 3. The van der Waals surface area contributed by atoms with Crippen LogP contribution in [0.15, 0.2) is 12.4 Å². The van der Waals surface area contributed by atoms with E-state index in [4.69, 9.17) is 0 Å². The third-order valence-corrected chi connectivity index (χ3v) is 3.71. The fourth-order valence-corrected chi connectivity index (χ4v) is 2.75. The zero-order chi connectivity index (χ0) is 12.3. The van der Waals surface area contributed by atoms with Gasteiger partial charge in [0.2, 0.25) is 5.78 Å². The van der Waals surface area contributed by atoms with Crippen LogP contribution in [0.1, 0.15) is 43.7 Å². The Hall–Kier alpha value is -1.16. The van der Waals surface area contributed by atoms with E-state index >= 15 is 0 Å². The Balaban J connectivity index is 2.28. The molecule has 1 aliphatic heterocycles. The second kappa shape index (κ2) is 5.00. The maximum absolute atomic E-state index is 12.7. The highest BCUT2D eigenvalue weighted by Crippen LogP contribution is 2.34. The minimum atomic E-state index is -0.215. The highest BCUT2D eigenvalue weighted by Gasteiger charge is 2.42. The summed E-state index contributed by atoms with van der Waals surface area (Å²) < 4.78 is 1.94. The predicted molar refractivity (Wildman–Crippen MR) is 67.1 cm³/mol. The lowest BCUT2D eigenvalue weighted by Gasteiger charge is -2.25. The van der Waals surface area contributed by atoms with Gasteiger partial charge in [-0.25, -0.2) is 4.98 Å². The van der Waals surface area contributed by atoms with Gasteiger partial charge in [0.05, 0.1) is 5.41 Å². The van der Waals surface area contributed by atoms with Gasteiger partial charge in [-0.05, 0) is 26.3 Å². The van der Waals surface area contributed by atoms with Crippen LogP contribution in [0.25, 0.3) is 0 Å². The van der Waals surface area contributed by atoms with E-state index < -0.39 is 0 Å². The molecule has 1 N–H and O–H groups in total. The number of aryl methyl sites for hydroxylation is 1. The van der Waals surface area contributed by atoms with Gasteiger partial charge >= 0.3 is 0 Å². The number of hydrogen-bond donors (Lipinski definition) is 1. The van der Waals surface area contributed by atoms with Crippen molar-refractivity contribution in [3.05, 3.63) is 18.2 Å². The summed E-state index contributed by atoms with van der Waals surface area (Å²) in [6.45, 7) is 6.73. The molecule has 94 valence electrons. The molecule has 1 fully saturated rings. The SMILES string of the molecule is CCCC1(C(=O)c2nccn2CC)CCNC1. The smallest absolute Gasteiger partial charge is 0.205 e. The van der Waals surface area contributed by atoms with Crippen LogP contribution in [-0.4, -0.2) is 28.4 Å². The number of rotatable bonds is 5. The third kappa shape index (κ3) is 2.14. The summed E-state index contributed by atoms with van der Waals surface area (Å²) in [5.74, 6) is 0.848. The molecule has 0 saturated carbocycles. The van der Waals surface area contributed by atoms with Crippen LogP contribution in [0.4, 0.5) is 0 Å². The van der Waals surface area contributed by atoms with Crippen LogP contribution < -0.4 is 5.32 Å². The van der Waals surface area contributed by atoms with E-state index in [1.807, 2.05) is 17.7 Å². The van der Waals surface area contributed by atoms with Crippen molar-refractivity contribution in [2.75, 3.05) is 13.1 Å². The summed E-state index contributed by atoms with van der Waals surface area (Å²) in [5, 5.41) is 3.32. The van der Waals surface area contributed by atoms with Crippen LogP contribution in [-0.2, 0) is 6.54 Å². The second-order valence-corrected chi connectivity index (χ2v) is 4.82. The second-order valence-electron chi connectivity index (χ2n) is 4.82. The highest BCUT2D eigenvalue weighted by atomic mass is 16.1. The van der Waals surface area contributed by atoms with Gasteiger partial charge < -0.3 is 9.88 Å². The van der Waals surface area contributed by atoms with Crippen LogP contribution >= 0.6 is 0 Å². The lowest BCUT2D eigenvalue weighted by atomic mass is 9.78. The summed E-state index contributed by atoms with van der Waals surface area (Å²) in [7, 11) is 0. The first-order valence-electron chi connectivity index (χ1n) is 6.50. The van der Waals surface area contributed by atoms with E-state index in [2.05, 4.69) is 17.2 Å². The van der Waals surface area contributed by atoms with Crippen LogP contribution in [0.3, 0.4) is 0 Å². The van der Waals surface area contributed by atoms with Crippen molar-refractivity contribution in [1.82, 2.24) is 14.9 Å². The zero-order valence-electron chi connectivity index (χ0n) is 10.7. The number of Topliss-reactive ketones (excluding diaryl/α,β-unsaturated/α-hetero) is 1. The molecule has 1 aromatic rings. The molecule has 1 aliphatic rings. The summed E-state index contributed by atoms with van der Waals surface area (Å²) in [6, 6.07) is 0. The van der Waals surface area contributed by atoms with Gasteiger partial charge in [-0.2, -0.15) is 0 Å². The van der Waals surface area contributed by atoms with Crippen molar-refractivity contribution in [3.8, 4) is 0 Å². The highest BCUT2D eigenvalue weighted by molar-refractivity contribution is 5.98. The van der Waals surface area contributed by atoms with Crippen molar-refractivity contribution in [1.29, 1.82) is 0 Å². The van der Waals surface area contributed by atoms with Gasteiger partial charge in [0.1, 0.15) is 0 Å². The molecule has 1 aromatic heterocycles. The molecule has 1 saturated heterocycles. The average molecular weight is 235 g/mol. The Morgan fingerprint density at radius 3 is 3.00 bits per heavy atom. The monoisotopic (exact) mass is 235 g/mol. The Kier molecular flexibility index (Phi) is 3.62. The van der Waals surface area contributed by atoms with Gasteiger partial charge in [-0.1, -0.05) is 13.3 Å². The van der Waals surface area contributed by atoms with E-state index in [0.29, 0.717) is 5.82 Å². The average Bonchev–Trinajstić information content (AvgIpc) is 2.97. The van der Waals surface area contributed by atoms with Gasteiger partial charge in [0.25, 0.3) is 0 Å². The molecular weight excluding hydrogens is 214 g/mol. The molecule has 0 aliphatic carbocycles. The number of nitrogens with zero attached hydrogens (tertiary/aromatic N) is 2.